The number of terminal acetylenes is 1. The molecule has 0 aliphatic rings. The van der Waals surface area contributed by atoms with Crippen LogP contribution in [-0.4, -0.2) is 6.16 Å². The monoisotopic (exact) mass is 252 g/mol. The van der Waals surface area contributed by atoms with Gasteiger partial charge in [0.2, 0.25) is 0 Å². The van der Waals surface area contributed by atoms with Crippen LogP contribution in [0.15, 0.2) is 60.7 Å². The lowest BCUT2D eigenvalue weighted by molar-refractivity contribution is 0.0793. The Bertz CT molecular complexity index is 570. The van der Waals surface area contributed by atoms with Crippen molar-refractivity contribution in [2.75, 3.05) is 0 Å². The molecule has 2 aromatic carbocycles. The second kappa shape index (κ2) is 6.27. The van der Waals surface area contributed by atoms with Gasteiger partial charge in [0.15, 0.2) is 6.10 Å². The van der Waals surface area contributed by atoms with Crippen molar-refractivity contribution in [3.63, 3.8) is 0 Å². The zero-order valence-electron chi connectivity index (χ0n) is 10.2. The minimum Gasteiger partial charge on any atom is -0.412 e. The Morgan fingerprint density at radius 3 is 2.16 bits per heavy atom. The first-order chi connectivity index (χ1) is 9.29. The van der Waals surface area contributed by atoms with E-state index < -0.39 is 12.3 Å². The highest BCUT2D eigenvalue weighted by molar-refractivity contribution is 5.64. The summed E-state index contributed by atoms with van der Waals surface area (Å²) in [7, 11) is 0. The molecule has 0 N–H and O–H groups in total. The summed E-state index contributed by atoms with van der Waals surface area (Å²) in [6.45, 7) is 0. The van der Waals surface area contributed by atoms with Gasteiger partial charge in [-0.25, -0.2) is 4.79 Å². The molecule has 3 nitrogen and oxygen atoms in total. The molecule has 2 rings (SSSR count). The van der Waals surface area contributed by atoms with Crippen LogP contribution in [0.25, 0.3) is 0 Å². The molecule has 0 aromatic heterocycles. The third-order valence-electron chi connectivity index (χ3n) is 2.41. The van der Waals surface area contributed by atoms with Crippen LogP contribution in [0.1, 0.15) is 11.7 Å². The van der Waals surface area contributed by atoms with Crippen molar-refractivity contribution >= 4 is 6.16 Å². The quantitative estimate of drug-likeness (QED) is 0.476. The molecule has 0 radical (unpaired) electrons. The number of hydrogen-bond acceptors (Lipinski definition) is 3. The molecular weight excluding hydrogens is 240 g/mol. The van der Waals surface area contributed by atoms with Crippen molar-refractivity contribution in [2.45, 2.75) is 6.10 Å². The van der Waals surface area contributed by atoms with Gasteiger partial charge in [0, 0.05) is 5.56 Å². The molecule has 0 aliphatic heterocycles. The molecule has 3 heteroatoms. The molecule has 0 spiro atoms. The molecule has 19 heavy (non-hydrogen) atoms. The van der Waals surface area contributed by atoms with E-state index in [1.807, 2.05) is 24.3 Å². The Balaban J connectivity index is 2.00. The van der Waals surface area contributed by atoms with E-state index in [4.69, 9.17) is 15.9 Å². The van der Waals surface area contributed by atoms with Crippen LogP contribution in [0.3, 0.4) is 0 Å². The van der Waals surface area contributed by atoms with E-state index in [-0.39, 0.29) is 0 Å². The van der Waals surface area contributed by atoms with E-state index in [1.54, 1.807) is 36.4 Å². The number of benzene rings is 2. The van der Waals surface area contributed by atoms with Crippen LogP contribution < -0.4 is 4.74 Å². The minimum atomic E-state index is -0.821. The third-order valence-corrected chi connectivity index (χ3v) is 2.41. The van der Waals surface area contributed by atoms with Gasteiger partial charge in [-0.15, -0.1) is 6.42 Å². The van der Waals surface area contributed by atoms with Crippen LogP contribution in [0.5, 0.6) is 5.75 Å². The number of para-hydroxylation sites is 1. The van der Waals surface area contributed by atoms with Crippen LogP contribution in [0.4, 0.5) is 4.79 Å². The van der Waals surface area contributed by atoms with Crippen molar-refractivity contribution < 1.29 is 14.3 Å². The fourth-order valence-corrected chi connectivity index (χ4v) is 1.53. The van der Waals surface area contributed by atoms with Crippen molar-refractivity contribution in [2.24, 2.45) is 0 Å². The van der Waals surface area contributed by atoms with Gasteiger partial charge in [0.1, 0.15) is 5.75 Å². The molecule has 0 aliphatic carbocycles. The standard InChI is InChI=1S/C16H12O3/c1-2-15(13-9-5-3-6-10-13)19-16(17)18-14-11-7-4-8-12-14/h1,3-12,15H/t15-/m1/s1. The van der Waals surface area contributed by atoms with Gasteiger partial charge in [0.25, 0.3) is 0 Å². The van der Waals surface area contributed by atoms with Crippen LogP contribution in [0.2, 0.25) is 0 Å². The average Bonchev–Trinajstić information content (AvgIpc) is 2.47. The summed E-state index contributed by atoms with van der Waals surface area (Å²) in [6, 6.07) is 17.8. The summed E-state index contributed by atoms with van der Waals surface area (Å²) in [5.74, 6) is 2.83. The second-order valence-corrected chi connectivity index (χ2v) is 3.74. The maximum Gasteiger partial charge on any atom is 0.515 e. The summed E-state index contributed by atoms with van der Waals surface area (Å²) >= 11 is 0. The summed E-state index contributed by atoms with van der Waals surface area (Å²) < 4.78 is 10.1. The number of carbonyl (C=O) groups excluding carboxylic acids is 1. The SMILES string of the molecule is C#C[C@@H](OC(=O)Oc1ccccc1)c1ccccc1. The fourth-order valence-electron chi connectivity index (χ4n) is 1.53. The zero-order chi connectivity index (χ0) is 13.5. The lowest BCUT2D eigenvalue weighted by atomic mass is 10.1. The Morgan fingerprint density at radius 2 is 1.58 bits per heavy atom. The first-order valence-corrected chi connectivity index (χ1v) is 5.74. The number of rotatable bonds is 3. The Hall–Kier alpha value is -2.73. The summed E-state index contributed by atoms with van der Waals surface area (Å²) in [5.41, 5.74) is 0.731. The number of hydrogen-bond donors (Lipinski definition) is 0. The average molecular weight is 252 g/mol. The van der Waals surface area contributed by atoms with E-state index in [1.165, 1.54) is 0 Å². The highest BCUT2D eigenvalue weighted by atomic mass is 16.7. The van der Waals surface area contributed by atoms with E-state index in [2.05, 4.69) is 5.92 Å². The maximum absolute atomic E-state index is 11.6. The molecular formula is C16H12O3. The number of carbonyl (C=O) groups is 1. The Kier molecular flexibility index (Phi) is 4.20. The van der Waals surface area contributed by atoms with Gasteiger partial charge in [-0.2, -0.15) is 0 Å². The van der Waals surface area contributed by atoms with Crippen LogP contribution in [-0.2, 0) is 4.74 Å². The Morgan fingerprint density at radius 1 is 1.00 bits per heavy atom. The highest BCUT2D eigenvalue weighted by Crippen LogP contribution is 2.18. The zero-order valence-corrected chi connectivity index (χ0v) is 10.2. The Labute approximate surface area is 111 Å². The lowest BCUT2D eigenvalue weighted by Gasteiger charge is -2.12. The second-order valence-electron chi connectivity index (χ2n) is 3.74. The topological polar surface area (TPSA) is 35.5 Å². The maximum atomic E-state index is 11.6. The van der Waals surface area contributed by atoms with E-state index in [0.717, 1.165) is 5.56 Å². The third kappa shape index (κ3) is 3.62. The van der Waals surface area contributed by atoms with Gasteiger partial charge >= 0.3 is 6.16 Å². The van der Waals surface area contributed by atoms with Crippen molar-refractivity contribution in [1.82, 2.24) is 0 Å². The highest BCUT2D eigenvalue weighted by Gasteiger charge is 2.15. The van der Waals surface area contributed by atoms with Crippen LogP contribution in [0, 0.1) is 12.3 Å². The molecule has 0 unspecified atom stereocenters. The lowest BCUT2D eigenvalue weighted by Crippen LogP contribution is -2.14. The summed E-state index contributed by atoms with van der Waals surface area (Å²) in [5, 5.41) is 0. The molecule has 94 valence electrons. The first kappa shape index (κ1) is 12.7. The molecule has 0 bridgehead atoms. The number of ether oxygens (including phenoxy) is 2. The molecule has 1 atom stereocenters. The van der Waals surface area contributed by atoms with Gasteiger partial charge in [-0.1, -0.05) is 54.5 Å². The van der Waals surface area contributed by atoms with E-state index in [0.29, 0.717) is 5.75 Å². The van der Waals surface area contributed by atoms with E-state index >= 15 is 0 Å². The van der Waals surface area contributed by atoms with Gasteiger partial charge in [-0.05, 0) is 12.1 Å². The van der Waals surface area contributed by atoms with E-state index in [9.17, 15) is 4.79 Å². The van der Waals surface area contributed by atoms with Gasteiger partial charge in [0.05, 0.1) is 0 Å². The largest absolute Gasteiger partial charge is 0.515 e. The molecule has 0 heterocycles. The van der Waals surface area contributed by atoms with Crippen LogP contribution >= 0.6 is 0 Å². The first-order valence-electron chi connectivity index (χ1n) is 5.74. The smallest absolute Gasteiger partial charge is 0.412 e. The predicted molar refractivity (Wildman–Crippen MR) is 71.6 cm³/mol. The minimum absolute atomic E-state index is 0.413. The summed E-state index contributed by atoms with van der Waals surface area (Å²) in [6.07, 6.45) is 3.79. The molecule has 0 saturated heterocycles. The van der Waals surface area contributed by atoms with Crippen molar-refractivity contribution in [3.05, 3.63) is 66.2 Å². The molecule has 0 amide bonds. The normalized spacial score (nSPS) is 11.1. The van der Waals surface area contributed by atoms with Gasteiger partial charge in [-0.3, -0.25) is 0 Å². The summed E-state index contributed by atoms with van der Waals surface area (Å²) in [4.78, 5) is 11.6. The van der Waals surface area contributed by atoms with Crippen molar-refractivity contribution in [1.29, 1.82) is 0 Å². The molecule has 0 saturated carbocycles. The fraction of sp³-hybridized carbons (Fsp3) is 0.0625. The molecule has 2 aromatic rings. The van der Waals surface area contributed by atoms with Crippen molar-refractivity contribution in [3.8, 4) is 18.1 Å². The molecule has 0 fully saturated rings. The van der Waals surface area contributed by atoms with Gasteiger partial charge < -0.3 is 9.47 Å². The predicted octanol–water partition coefficient (Wildman–Crippen LogP) is 3.58.